The van der Waals surface area contributed by atoms with Gasteiger partial charge in [0.25, 0.3) is 0 Å². The van der Waals surface area contributed by atoms with E-state index in [1.54, 1.807) is 6.20 Å². The Morgan fingerprint density at radius 1 is 1.10 bits per heavy atom. The van der Waals surface area contributed by atoms with Crippen LogP contribution in [0.3, 0.4) is 0 Å². The molecule has 0 radical (unpaired) electrons. The maximum atomic E-state index is 12.7. The number of amides is 3. The Morgan fingerprint density at radius 3 is 2.38 bits per heavy atom. The Hall–Kier alpha value is -3.05. The molecule has 11 heteroatoms. The van der Waals surface area contributed by atoms with Crippen LogP contribution in [-0.4, -0.2) is 57.7 Å². The molecule has 2 aromatic rings. The lowest BCUT2D eigenvalue weighted by Crippen LogP contribution is -2.56. The molecular formula is C18H23N5O5S. The molecular weight excluding hydrogens is 398 g/mol. The molecule has 0 aliphatic carbocycles. The van der Waals surface area contributed by atoms with Crippen LogP contribution < -0.4 is 22.1 Å². The highest BCUT2D eigenvalue weighted by Crippen LogP contribution is 2.19. The molecule has 0 aliphatic rings. The summed E-state index contributed by atoms with van der Waals surface area (Å²) in [7, 11) is 0. The number of carbonyl (C=O) groups excluding carboxylic acids is 3. The van der Waals surface area contributed by atoms with E-state index < -0.39 is 41.8 Å². The average Bonchev–Trinajstić information content (AvgIpc) is 3.07. The van der Waals surface area contributed by atoms with Crippen LogP contribution in [0.25, 0.3) is 10.9 Å². The zero-order chi connectivity index (χ0) is 21.6. The van der Waals surface area contributed by atoms with E-state index in [1.807, 2.05) is 24.3 Å². The Bertz CT molecular complexity index is 915. The molecule has 1 heterocycles. The molecule has 8 N–H and O–H groups in total. The van der Waals surface area contributed by atoms with E-state index in [2.05, 4.69) is 28.2 Å². The second-order valence-corrected chi connectivity index (χ2v) is 6.85. The number of hydrogen-bond acceptors (Lipinski definition) is 6. The number of primary amides is 1. The summed E-state index contributed by atoms with van der Waals surface area (Å²) in [5.41, 5.74) is 12.3. The molecule has 29 heavy (non-hydrogen) atoms. The molecule has 1 aromatic carbocycles. The number of rotatable bonds is 10. The van der Waals surface area contributed by atoms with E-state index in [0.717, 1.165) is 16.5 Å². The molecule has 0 unspecified atom stereocenters. The Morgan fingerprint density at radius 2 is 1.76 bits per heavy atom. The number of fused-ring (bicyclic) bond motifs is 1. The van der Waals surface area contributed by atoms with E-state index in [4.69, 9.17) is 16.6 Å². The maximum Gasteiger partial charge on any atom is 0.327 e. The van der Waals surface area contributed by atoms with Crippen LogP contribution in [0.15, 0.2) is 30.5 Å². The van der Waals surface area contributed by atoms with Gasteiger partial charge in [-0.2, -0.15) is 12.6 Å². The summed E-state index contributed by atoms with van der Waals surface area (Å²) in [5.74, 6) is -3.60. The minimum absolute atomic E-state index is 0.0732. The van der Waals surface area contributed by atoms with Gasteiger partial charge in [-0.05, 0) is 11.6 Å². The number of carboxylic acid groups (broad SMARTS) is 1. The summed E-state index contributed by atoms with van der Waals surface area (Å²) in [6.45, 7) is 0. The summed E-state index contributed by atoms with van der Waals surface area (Å²) < 4.78 is 0. The number of nitrogens with one attached hydrogen (secondary N) is 3. The monoisotopic (exact) mass is 421 g/mol. The van der Waals surface area contributed by atoms with Gasteiger partial charge >= 0.3 is 5.97 Å². The normalized spacial score (nSPS) is 14.0. The van der Waals surface area contributed by atoms with Crippen LogP contribution in [0, 0.1) is 0 Å². The molecule has 0 saturated carbocycles. The third-order valence-electron chi connectivity index (χ3n) is 4.29. The number of aliphatic carboxylic acids is 1. The van der Waals surface area contributed by atoms with Crippen molar-refractivity contribution < 1.29 is 24.3 Å². The molecule has 0 aliphatic heterocycles. The van der Waals surface area contributed by atoms with Crippen molar-refractivity contribution in [2.24, 2.45) is 11.5 Å². The number of thiol groups is 1. The van der Waals surface area contributed by atoms with Gasteiger partial charge in [-0.1, -0.05) is 18.2 Å². The van der Waals surface area contributed by atoms with Gasteiger partial charge in [0.05, 0.1) is 12.5 Å². The molecule has 2 rings (SSSR count). The first-order valence-corrected chi connectivity index (χ1v) is 9.39. The number of para-hydroxylation sites is 1. The number of carboxylic acids is 1. The van der Waals surface area contributed by atoms with Crippen molar-refractivity contribution in [1.82, 2.24) is 15.6 Å². The first-order chi connectivity index (χ1) is 13.7. The van der Waals surface area contributed by atoms with Crippen molar-refractivity contribution in [3.63, 3.8) is 0 Å². The van der Waals surface area contributed by atoms with Crippen LogP contribution in [-0.2, 0) is 25.6 Å². The topological polar surface area (TPSA) is 180 Å². The molecule has 156 valence electrons. The Balaban J connectivity index is 2.24. The molecule has 1 aromatic heterocycles. The van der Waals surface area contributed by atoms with Gasteiger partial charge < -0.3 is 32.2 Å². The number of benzene rings is 1. The van der Waals surface area contributed by atoms with Crippen molar-refractivity contribution in [2.45, 2.75) is 31.0 Å². The van der Waals surface area contributed by atoms with Crippen LogP contribution in [0.4, 0.5) is 0 Å². The van der Waals surface area contributed by atoms with Crippen molar-refractivity contribution in [2.75, 3.05) is 5.75 Å². The predicted molar refractivity (Wildman–Crippen MR) is 109 cm³/mol. The first kappa shape index (κ1) is 22.2. The maximum absolute atomic E-state index is 12.7. The third-order valence-corrected chi connectivity index (χ3v) is 4.65. The first-order valence-electron chi connectivity index (χ1n) is 8.76. The Kier molecular flexibility index (Phi) is 7.62. The van der Waals surface area contributed by atoms with Gasteiger partial charge in [0, 0.05) is 29.3 Å². The van der Waals surface area contributed by atoms with Crippen LogP contribution >= 0.6 is 12.6 Å². The summed E-state index contributed by atoms with van der Waals surface area (Å²) in [6.07, 6.45) is 1.39. The van der Waals surface area contributed by atoms with Gasteiger partial charge in [-0.3, -0.25) is 14.4 Å². The van der Waals surface area contributed by atoms with Gasteiger partial charge in [-0.15, -0.1) is 0 Å². The number of H-pyrrole nitrogens is 1. The molecule has 0 spiro atoms. The van der Waals surface area contributed by atoms with Crippen molar-refractivity contribution in [3.05, 3.63) is 36.0 Å². The quantitative estimate of drug-likeness (QED) is 0.239. The number of nitrogens with two attached hydrogens (primary N) is 2. The van der Waals surface area contributed by atoms with Gasteiger partial charge in [-0.25, -0.2) is 4.79 Å². The van der Waals surface area contributed by atoms with Crippen molar-refractivity contribution >= 4 is 47.2 Å². The largest absolute Gasteiger partial charge is 0.480 e. The molecule has 3 atom stereocenters. The zero-order valence-electron chi connectivity index (χ0n) is 15.4. The molecule has 10 nitrogen and oxygen atoms in total. The van der Waals surface area contributed by atoms with Crippen molar-refractivity contribution in [3.8, 4) is 0 Å². The number of hydrogen-bond donors (Lipinski definition) is 7. The van der Waals surface area contributed by atoms with Crippen LogP contribution in [0.2, 0.25) is 0 Å². The van der Waals surface area contributed by atoms with Crippen LogP contribution in [0.1, 0.15) is 12.0 Å². The van der Waals surface area contributed by atoms with E-state index in [1.165, 1.54) is 0 Å². The minimum Gasteiger partial charge on any atom is -0.480 e. The molecule has 0 fully saturated rings. The lowest BCUT2D eigenvalue weighted by Gasteiger charge is -2.22. The highest BCUT2D eigenvalue weighted by atomic mass is 32.1. The fraction of sp³-hybridized carbons (Fsp3) is 0.333. The van der Waals surface area contributed by atoms with Gasteiger partial charge in [0.15, 0.2) is 0 Å². The minimum atomic E-state index is -1.25. The third kappa shape index (κ3) is 5.96. The van der Waals surface area contributed by atoms with Crippen molar-refractivity contribution in [1.29, 1.82) is 0 Å². The Labute approximate surface area is 171 Å². The van der Waals surface area contributed by atoms with E-state index in [-0.39, 0.29) is 18.6 Å². The van der Waals surface area contributed by atoms with E-state index >= 15 is 0 Å². The molecule has 0 saturated heterocycles. The lowest BCUT2D eigenvalue weighted by atomic mass is 10.0. The second kappa shape index (κ2) is 9.94. The molecule has 3 amide bonds. The van der Waals surface area contributed by atoms with Gasteiger partial charge in [0.1, 0.15) is 12.1 Å². The zero-order valence-corrected chi connectivity index (χ0v) is 16.3. The van der Waals surface area contributed by atoms with Gasteiger partial charge in [0.2, 0.25) is 17.7 Å². The van der Waals surface area contributed by atoms with Crippen LogP contribution in [0.5, 0.6) is 0 Å². The summed E-state index contributed by atoms with van der Waals surface area (Å²) in [6, 6.07) is 3.81. The summed E-state index contributed by atoms with van der Waals surface area (Å²) in [4.78, 5) is 50.3. The number of carbonyl (C=O) groups is 4. The highest BCUT2D eigenvalue weighted by Gasteiger charge is 2.28. The number of aromatic nitrogens is 1. The van der Waals surface area contributed by atoms with E-state index in [0.29, 0.717) is 0 Å². The lowest BCUT2D eigenvalue weighted by molar-refractivity contribution is -0.141. The summed E-state index contributed by atoms with van der Waals surface area (Å²) >= 11 is 3.92. The average molecular weight is 421 g/mol. The fourth-order valence-electron chi connectivity index (χ4n) is 2.78. The SMILES string of the molecule is NC(=O)C[C@H](N)C(=O)N[C@@H](Cc1c[nH]c2ccccc12)C(=O)N[C@@H](CS)C(=O)O. The number of aromatic amines is 1. The fourth-order valence-corrected chi connectivity index (χ4v) is 3.02. The standard InChI is InChI=1S/C18H23N5O5S/c19-11(6-15(20)24)16(25)22-13(17(26)23-14(8-29)18(27)28)5-9-7-21-12-4-2-1-3-10(9)12/h1-4,7,11,13-14,21,29H,5-6,8,19H2,(H2,20,24)(H,22,25)(H,23,26)(H,27,28)/t11-,13-,14-/m0/s1. The highest BCUT2D eigenvalue weighted by molar-refractivity contribution is 7.80. The molecule has 0 bridgehead atoms. The second-order valence-electron chi connectivity index (χ2n) is 6.48. The predicted octanol–water partition coefficient (Wildman–Crippen LogP) is -1.10. The smallest absolute Gasteiger partial charge is 0.327 e. The van der Waals surface area contributed by atoms with E-state index in [9.17, 15) is 19.2 Å². The summed E-state index contributed by atoms with van der Waals surface area (Å²) in [5, 5.41) is 14.8.